The van der Waals surface area contributed by atoms with Gasteiger partial charge < -0.3 is 9.84 Å². The molecule has 0 aromatic heterocycles. The van der Waals surface area contributed by atoms with Crippen LogP contribution in [-0.2, 0) is 11.4 Å². The molecule has 0 atom stereocenters. The first-order chi connectivity index (χ1) is 11.6. The summed E-state index contributed by atoms with van der Waals surface area (Å²) in [5.41, 5.74) is 1.70. The van der Waals surface area contributed by atoms with Crippen LogP contribution in [0.25, 0.3) is 16.8 Å². The lowest BCUT2D eigenvalue weighted by molar-refractivity contribution is -0.131. The number of hydrogen-bond acceptors (Lipinski definition) is 2. The number of halogens is 1. The van der Waals surface area contributed by atoms with Crippen LogP contribution in [0.15, 0.2) is 66.7 Å². The molecule has 4 heteroatoms. The van der Waals surface area contributed by atoms with E-state index in [4.69, 9.17) is 21.4 Å². The van der Waals surface area contributed by atoms with Crippen molar-refractivity contribution < 1.29 is 14.6 Å². The average molecular weight is 339 g/mol. The van der Waals surface area contributed by atoms with Gasteiger partial charge in [-0.15, -0.1) is 0 Å². The Morgan fingerprint density at radius 1 is 1.08 bits per heavy atom. The Morgan fingerprint density at radius 2 is 1.88 bits per heavy atom. The van der Waals surface area contributed by atoms with E-state index in [0.29, 0.717) is 22.9 Å². The van der Waals surface area contributed by atoms with Gasteiger partial charge in [-0.2, -0.15) is 0 Å². The summed E-state index contributed by atoms with van der Waals surface area (Å²) < 4.78 is 5.92. The predicted octanol–water partition coefficient (Wildman–Crippen LogP) is 5.17. The van der Waals surface area contributed by atoms with Crippen molar-refractivity contribution >= 4 is 34.4 Å². The summed E-state index contributed by atoms with van der Waals surface area (Å²) in [6.45, 7) is 0.386. The molecule has 0 amide bonds. The average Bonchev–Trinajstić information content (AvgIpc) is 2.59. The molecular formula is C20H15ClO3. The van der Waals surface area contributed by atoms with Crippen LogP contribution >= 0.6 is 11.6 Å². The summed E-state index contributed by atoms with van der Waals surface area (Å²) in [7, 11) is 0. The van der Waals surface area contributed by atoms with Gasteiger partial charge in [0, 0.05) is 16.7 Å². The van der Waals surface area contributed by atoms with E-state index in [1.807, 2.05) is 24.3 Å². The van der Waals surface area contributed by atoms with Crippen LogP contribution in [0.1, 0.15) is 11.1 Å². The topological polar surface area (TPSA) is 46.5 Å². The molecule has 0 radical (unpaired) electrons. The summed E-state index contributed by atoms with van der Waals surface area (Å²) >= 11 is 5.99. The summed E-state index contributed by atoms with van der Waals surface area (Å²) in [4.78, 5) is 10.7. The summed E-state index contributed by atoms with van der Waals surface area (Å²) in [6, 6.07) is 19.3. The molecule has 0 aliphatic carbocycles. The van der Waals surface area contributed by atoms with Crippen molar-refractivity contribution in [3.8, 4) is 5.75 Å². The van der Waals surface area contributed by atoms with E-state index in [1.165, 1.54) is 6.08 Å². The van der Waals surface area contributed by atoms with E-state index in [2.05, 4.69) is 18.2 Å². The lowest BCUT2D eigenvalue weighted by atomic mass is 10.1. The van der Waals surface area contributed by atoms with E-state index >= 15 is 0 Å². The number of fused-ring (bicyclic) bond motifs is 1. The second kappa shape index (κ2) is 7.20. The smallest absolute Gasteiger partial charge is 0.328 e. The molecule has 0 aliphatic rings. The second-order valence-corrected chi connectivity index (χ2v) is 5.72. The molecule has 1 N–H and O–H groups in total. The summed E-state index contributed by atoms with van der Waals surface area (Å²) in [6.07, 6.45) is 2.54. The van der Waals surface area contributed by atoms with Gasteiger partial charge in [-0.3, -0.25) is 0 Å². The van der Waals surface area contributed by atoms with Gasteiger partial charge in [0.2, 0.25) is 0 Å². The Balaban J connectivity index is 1.87. The summed E-state index contributed by atoms with van der Waals surface area (Å²) in [5, 5.41) is 11.6. The van der Waals surface area contributed by atoms with Crippen LogP contribution in [0.2, 0.25) is 5.02 Å². The Kier molecular flexibility index (Phi) is 4.82. The maximum atomic E-state index is 10.7. The maximum Gasteiger partial charge on any atom is 0.328 e. The third-order valence-electron chi connectivity index (χ3n) is 3.64. The number of benzene rings is 3. The highest BCUT2D eigenvalue weighted by Crippen LogP contribution is 2.26. The fraction of sp³-hybridized carbons (Fsp3) is 0.0500. The van der Waals surface area contributed by atoms with Crippen molar-refractivity contribution in [1.82, 2.24) is 0 Å². The first-order valence-electron chi connectivity index (χ1n) is 7.43. The van der Waals surface area contributed by atoms with Crippen LogP contribution < -0.4 is 4.74 Å². The van der Waals surface area contributed by atoms with E-state index in [-0.39, 0.29) is 0 Å². The Hall–Kier alpha value is -2.78. The quantitative estimate of drug-likeness (QED) is 0.653. The third-order valence-corrected chi connectivity index (χ3v) is 3.88. The van der Waals surface area contributed by atoms with Gasteiger partial charge in [0.15, 0.2) is 0 Å². The van der Waals surface area contributed by atoms with Crippen molar-refractivity contribution in [2.24, 2.45) is 0 Å². The minimum absolute atomic E-state index is 0.386. The number of carbonyl (C=O) groups is 1. The monoisotopic (exact) mass is 338 g/mol. The molecule has 0 heterocycles. The van der Waals surface area contributed by atoms with Gasteiger partial charge in [-0.25, -0.2) is 4.79 Å². The largest absolute Gasteiger partial charge is 0.488 e. The molecular weight excluding hydrogens is 324 g/mol. The second-order valence-electron chi connectivity index (χ2n) is 5.28. The molecule has 3 aromatic carbocycles. The van der Waals surface area contributed by atoms with Gasteiger partial charge in [-0.1, -0.05) is 54.1 Å². The van der Waals surface area contributed by atoms with E-state index in [9.17, 15) is 4.79 Å². The molecule has 3 nitrogen and oxygen atoms in total. The molecule has 0 unspecified atom stereocenters. The Labute approximate surface area is 144 Å². The number of carboxylic acids is 1. The maximum absolute atomic E-state index is 10.7. The SMILES string of the molecule is O=C(O)C=Cc1cc(Cl)ccc1OCc1cccc2ccccc12. The van der Waals surface area contributed by atoms with Gasteiger partial charge >= 0.3 is 5.97 Å². The van der Waals surface area contributed by atoms with E-state index < -0.39 is 5.97 Å². The molecule has 24 heavy (non-hydrogen) atoms. The Bertz CT molecular complexity index is 910. The highest BCUT2D eigenvalue weighted by Gasteiger charge is 2.06. The molecule has 0 saturated carbocycles. The van der Waals surface area contributed by atoms with Crippen molar-refractivity contribution in [2.45, 2.75) is 6.61 Å². The van der Waals surface area contributed by atoms with Crippen LogP contribution in [0, 0.1) is 0 Å². The van der Waals surface area contributed by atoms with Crippen LogP contribution in [0.3, 0.4) is 0 Å². The number of hydrogen-bond donors (Lipinski definition) is 1. The zero-order chi connectivity index (χ0) is 16.9. The molecule has 3 rings (SSSR count). The zero-order valence-electron chi connectivity index (χ0n) is 12.8. The van der Waals surface area contributed by atoms with Crippen molar-refractivity contribution in [3.63, 3.8) is 0 Å². The summed E-state index contributed by atoms with van der Waals surface area (Å²) in [5.74, 6) is -0.431. The normalized spacial score (nSPS) is 11.0. The Morgan fingerprint density at radius 3 is 2.71 bits per heavy atom. The molecule has 0 bridgehead atoms. The molecule has 0 spiro atoms. The number of carboxylic acid groups (broad SMARTS) is 1. The van der Waals surface area contributed by atoms with E-state index in [1.54, 1.807) is 18.2 Å². The lowest BCUT2D eigenvalue weighted by Crippen LogP contribution is -1.98. The van der Waals surface area contributed by atoms with Crippen molar-refractivity contribution in [2.75, 3.05) is 0 Å². The van der Waals surface area contributed by atoms with Crippen LogP contribution in [0.4, 0.5) is 0 Å². The minimum Gasteiger partial charge on any atom is -0.488 e. The first-order valence-corrected chi connectivity index (χ1v) is 7.81. The molecule has 0 saturated heterocycles. The van der Waals surface area contributed by atoms with Gasteiger partial charge in [-0.05, 0) is 40.6 Å². The van der Waals surface area contributed by atoms with Gasteiger partial charge in [0.25, 0.3) is 0 Å². The number of ether oxygens (including phenoxy) is 1. The minimum atomic E-state index is -1.02. The molecule has 120 valence electrons. The van der Waals surface area contributed by atoms with Gasteiger partial charge in [0.05, 0.1) is 0 Å². The number of aliphatic carboxylic acids is 1. The predicted molar refractivity (Wildman–Crippen MR) is 96.4 cm³/mol. The molecule has 0 fully saturated rings. The zero-order valence-corrected chi connectivity index (χ0v) is 13.5. The number of rotatable bonds is 5. The van der Waals surface area contributed by atoms with Crippen molar-refractivity contribution in [3.05, 3.63) is 82.9 Å². The van der Waals surface area contributed by atoms with Crippen LogP contribution in [0.5, 0.6) is 5.75 Å². The first kappa shape index (κ1) is 16.1. The van der Waals surface area contributed by atoms with Crippen LogP contribution in [-0.4, -0.2) is 11.1 Å². The highest BCUT2D eigenvalue weighted by atomic mass is 35.5. The van der Waals surface area contributed by atoms with Crippen molar-refractivity contribution in [1.29, 1.82) is 0 Å². The molecule has 3 aromatic rings. The fourth-order valence-corrected chi connectivity index (χ4v) is 2.70. The lowest BCUT2D eigenvalue weighted by Gasteiger charge is -2.11. The highest BCUT2D eigenvalue weighted by molar-refractivity contribution is 6.30. The van der Waals surface area contributed by atoms with E-state index in [0.717, 1.165) is 22.4 Å². The molecule has 0 aliphatic heterocycles. The fourth-order valence-electron chi connectivity index (χ4n) is 2.52. The van der Waals surface area contributed by atoms with Gasteiger partial charge in [0.1, 0.15) is 12.4 Å². The standard InChI is InChI=1S/C20H15ClO3/c21-17-9-10-19(15(12-17)8-11-20(22)23)24-13-16-6-3-5-14-4-1-2-7-18(14)16/h1-12H,13H2,(H,22,23). The third kappa shape index (κ3) is 3.76.